The lowest BCUT2D eigenvalue weighted by Gasteiger charge is -2.26. The van der Waals surface area contributed by atoms with E-state index in [1.165, 1.54) is 0 Å². The number of benzene rings is 1. The Morgan fingerprint density at radius 2 is 2.05 bits per heavy atom. The van der Waals surface area contributed by atoms with Crippen LogP contribution in [0.5, 0.6) is 0 Å². The minimum Gasteiger partial charge on any atom is -0.480 e. The molecule has 0 aromatic heterocycles. The summed E-state index contributed by atoms with van der Waals surface area (Å²) in [7, 11) is 0. The Balaban J connectivity index is 3.18. The fraction of sp³-hybridized carbons (Fsp3) is 0.429. The number of rotatable bonds is 6. The van der Waals surface area contributed by atoms with Crippen LogP contribution >= 0.6 is 27.5 Å². The van der Waals surface area contributed by atoms with Crippen molar-refractivity contribution in [2.75, 3.05) is 6.61 Å². The molecule has 0 aliphatic carbocycles. The second kappa shape index (κ2) is 7.09. The second-order valence-electron chi connectivity index (χ2n) is 4.37. The lowest BCUT2D eigenvalue weighted by molar-refractivity contribution is -0.168. The molecule has 4 nitrogen and oxygen atoms in total. The van der Waals surface area contributed by atoms with Crippen LogP contribution in [0.15, 0.2) is 22.7 Å². The van der Waals surface area contributed by atoms with Crippen molar-refractivity contribution in [3.8, 4) is 0 Å². The first-order valence-electron chi connectivity index (χ1n) is 6.22. The van der Waals surface area contributed by atoms with E-state index in [4.69, 9.17) is 16.3 Å². The zero-order chi connectivity index (χ0) is 15.3. The van der Waals surface area contributed by atoms with Gasteiger partial charge in [-0.15, -0.1) is 0 Å². The number of aliphatic carboxylic acids is 1. The maximum Gasteiger partial charge on any atom is 0.323 e. The van der Waals surface area contributed by atoms with Crippen molar-refractivity contribution in [1.82, 2.24) is 0 Å². The number of hydrogen-bond acceptors (Lipinski definition) is 3. The van der Waals surface area contributed by atoms with E-state index in [9.17, 15) is 14.7 Å². The number of halogens is 2. The molecule has 1 aromatic carbocycles. The molecule has 0 radical (unpaired) electrons. The smallest absolute Gasteiger partial charge is 0.323 e. The van der Waals surface area contributed by atoms with Crippen LogP contribution in [0.2, 0.25) is 5.02 Å². The fourth-order valence-electron chi connectivity index (χ4n) is 1.92. The Kier molecular flexibility index (Phi) is 6.02. The summed E-state index contributed by atoms with van der Waals surface area (Å²) in [6.45, 7) is 3.44. The maximum atomic E-state index is 12.1. The van der Waals surface area contributed by atoms with Crippen molar-refractivity contribution >= 4 is 39.5 Å². The number of carbonyl (C=O) groups excluding carboxylic acids is 1. The molecule has 0 saturated carbocycles. The van der Waals surface area contributed by atoms with Gasteiger partial charge in [-0.25, -0.2) is 0 Å². The molecule has 0 heterocycles. The number of hydrogen-bond donors (Lipinski definition) is 1. The summed E-state index contributed by atoms with van der Waals surface area (Å²) in [5, 5.41) is 9.89. The van der Waals surface area contributed by atoms with Crippen LogP contribution in [0, 0.1) is 5.41 Å². The first-order chi connectivity index (χ1) is 9.37. The minimum absolute atomic E-state index is 0.00375. The van der Waals surface area contributed by atoms with Gasteiger partial charge in [0, 0.05) is 15.9 Å². The molecular formula is C14H16BrClO4. The van der Waals surface area contributed by atoms with Crippen LogP contribution in [0.4, 0.5) is 0 Å². The van der Waals surface area contributed by atoms with Gasteiger partial charge in [0.05, 0.1) is 6.61 Å². The quantitative estimate of drug-likeness (QED) is 0.618. The van der Waals surface area contributed by atoms with E-state index < -0.39 is 17.4 Å². The van der Waals surface area contributed by atoms with E-state index in [0.29, 0.717) is 10.6 Å². The summed E-state index contributed by atoms with van der Waals surface area (Å²) in [5.41, 5.74) is -1.000. The third-order valence-electron chi connectivity index (χ3n) is 3.19. The van der Waals surface area contributed by atoms with Gasteiger partial charge in [0.1, 0.15) is 0 Å². The molecule has 0 fully saturated rings. The molecule has 1 unspecified atom stereocenters. The van der Waals surface area contributed by atoms with Crippen LogP contribution in [0.25, 0.3) is 0 Å². The van der Waals surface area contributed by atoms with Gasteiger partial charge in [0.2, 0.25) is 0 Å². The molecule has 1 rings (SSSR count). The zero-order valence-electron chi connectivity index (χ0n) is 11.3. The average Bonchev–Trinajstić information content (AvgIpc) is 2.38. The van der Waals surface area contributed by atoms with E-state index in [2.05, 4.69) is 15.9 Å². The highest BCUT2D eigenvalue weighted by Crippen LogP contribution is 2.33. The number of esters is 1. The average molecular weight is 364 g/mol. The van der Waals surface area contributed by atoms with Crippen molar-refractivity contribution in [3.63, 3.8) is 0 Å². The predicted octanol–water partition coefficient (Wildman–Crippen LogP) is 3.69. The molecule has 1 N–H and O–H groups in total. The summed E-state index contributed by atoms with van der Waals surface area (Å²) < 4.78 is 5.71. The molecule has 110 valence electrons. The number of carbonyl (C=O) groups is 2. The van der Waals surface area contributed by atoms with Gasteiger partial charge in [-0.2, -0.15) is 0 Å². The van der Waals surface area contributed by atoms with Crippen LogP contribution in [-0.4, -0.2) is 23.7 Å². The lowest BCUT2D eigenvalue weighted by Crippen LogP contribution is -2.42. The van der Waals surface area contributed by atoms with Gasteiger partial charge >= 0.3 is 11.9 Å². The topological polar surface area (TPSA) is 63.6 Å². The van der Waals surface area contributed by atoms with Crippen LogP contribution in [0.3, 0.4) is 0 Å². The summed E-state index contributed by atoms with van der Waals surface area (Å²) >= 11 is 9.39. The SMILES string of the molecule is CCOC(=O)C(CC)(Cc1ccc(Br)cc1Cl)C(=O)O. The summed E-state index contributed by atoms with van der Waals surface area (Å²) in [6.07, 6.45) is 0.136. The van der Waals surface area contributed by atoms with E-state index in [-0.39, 0.29) is 19.4 Å². The molecule has 1 aromatic rings. The van der Waals surface area contributed by atoms with Crippen molar-refractivity contribution < 1.29 is 19.4 Å². The summed E-state index contributed by atoms with van der Waals surface area (Å²) in [4.78, 5) is 23.7. The minimum atomic E-state index is -1.60. The Labute approximate surface area is 131 Å². The Morgan fingerprint density at radius 1 is 1.40 bits per heavy atom. The standard InChI is InChI=1S/C14H16BrClO4/c1-3-14(12(17)18,13(19)20-4-2)8-9-5-6-10(15)7-11(9)16/h5-7H,3-4,8H2,1-2H3,(H,17,18). The van der Waals surface area contributed by atoms with Crippen molar-refractivity contribution in [3.05, 3.63) is 33.3 Å². The molecule has 0 saturated heterocycles. The number of carboxylic acids is 1. The van der Waals surface area contributed by atoms with Crippen LogP contribution in [0.1, 0.15) is 25.8 Å². The van der Waals surface area contributed by atoms with Gasteiger partial charge in [-0.3, -0.25) is 9.59 Å². The van der Waals surface area contributed by atoms with E-state index >= 15 is 0 Å². The van der Waals surface area contributed by atoms with Crippen molar-refractivity contribution in [2.45, 2.75) is 26.7 Å². The van der Waals surface area contributed by atoms with Gasteiger partial charge < -0.3 is 9.84 Å². The molecule has 0 aliphatic heterocycles. The second-order valence-corrected chi connectivity index (χ2v) is 5.70. The Bertz CT molecular complexity index is 518. The molecule has 0 bridgehead atoms. The number of carboxylic acid groups (broad SMARTS) is 1. The van der Waals surface area contributed by atoms with Crippen LogP contribution < -0.4 is 0 Å². The zero-order valence-corrected chi connectivity index (χ0v) is 13.6. The molecule has 0 amide bonds. The largest absolute Gasteiger partial charge is 0.480 e. The Hall–Kier alpha value is -1.07. The fourth-order valence-corrected chi connectivity index (χ4v) is 2.66. The molecule has 1 atom stereocenters. The third kappa shape index (κ3) is 3.52. The normalized spacial score (nSPS) is 13.6. The maximum absolute atomic E-state index is 12.1. The van der Waals surface area contributed by atoms with Crippen molar-refractivity contribution in [1.29, 1.82) is 0 Å². The molecule has 0 spiro atoms. The highest BCUT2D eigenvalue weighted by Gasteiger charge is 2.46. The molecule has 20 heavy (non-hydrogen) atoms. The van der Waals surface area contributed by atoms with Gasteiger partial charge in [-0.1, -0.05) is 40.5 Å². The summed E-state index contributed by atoms with van der Waals surface area (Å²) in [5.74, 6) is -1.92. The van der Waals surface area contributed by atoms with E-state index in [1.807, 2.05) is 0 Å². The van der Waals surface area contributed by atoms with Gasteiger partial charge in [-0.05, 0) is 31.0 Å². The third-order valence-corrected chi connectivity index (χ3v) is 4.03. The van der Waals surface area contributed by atoms with Crippen LogP contribution in [-0.2, 0) is 20.7 Å². The first kappa shape index (κ1) is 17.0. The monoisotopic (exact) mass is 362 g/mol. The summed E-state index contributed by atoms with van der Waals surface area (Å²) in [6, 6.07) is 5.14. The first-order valence-corrected chi connectivity index (χ1v) is 7.39. The highest BCUT2D eigenvalue weighted by molar-refractivity contribution is 9.10. The van der Waals surface area contributed by atoms with E-state index in [1.54, 1.807) is 32.0 Å². The van der Waals surface area contributed by atoms with Gasteiger partial charge in [0.15, 0.2) is 5.41 Å². The molecular weight excluding hydrogens is 348 g/mol. The van der Waals surface area contributed by atoms with Gasteiger partial charge in [0.25, 0.3) is 0 Å². The highest BCUT2D eigenvalue weighted by atomic mass is 79.9. The Morgan fingerprint density at radius 3 is 2.50 bits per heavy atom. The van der Waals surface area contributed by atoms with Crippen molar-refractivity contribution in [2.24, 2.45) is 5.41 Å². The van der Waals surface area contributed by atoms with E-state index in [0.717, 1.165) is 4.47 Å². The lowest BCUT2D eigenvalue weighted by atomic mass is 9.79. The molecule has 6 heteroatoms. The molecule has 0 aliphatic rings. The predicted molar refractivity (Wildman–Crippen MR) is 79.8 cm³/mol. The number of ether oxygens (including phenoxy) is 1.